The van der Waals surface area contributed by atoms with Gasteiger partial charge < -0.3 is 10.5 Å². The summed E-state index contributed by atoms with van der Waals surface area (Å²) in [6, 6.07) is 4.95. The molecule has 0 aromatic heterocycles. The van der Waals surface area contributed by atoms with E-state index >= 15 is 0 Å². The van der Waals surface area contributed by atoms with Crippen molar-refractivity contribution in [1.82, 2.24) is 4.72 Å². The maximum Gasteiger partial charge on any atom is 0.240 e. The minimum atomic E-state index is -3.48. The molecule has 1 aromatic rings. The molecule has 6 heteroatoms. The average molecular weight is 272 g/mol. The van der Waals surface area contributed by atoms with Gasteiger partial charge in [0.2, 0.25) is 10.0 Å². The van der Waals surface area contributed by atoms with Crippen LogP contribution in [0.4, 0.5) is 0 Å². The number of aryl methyl sites for hydroxylation is 1. The summed E-state index contributed by atoms with van der Waals surface area (Å²) in [6.45, 7) is 5.30. The predicted octanol–water partition coefficient (Wildman–Crippen LogP) is 0.769. The number of nitrogens with one attached hydrogen (secondary N) is 1. The first kappa shape index (κ1) is 15.1. The van der Waals surface area contributed by atoms with Crippen molar-refractivity contribution < 1.29 is 13.2 Å². The van der Waals surface area contributed by atoms with Gasteiger partial charge in [-0.15, -0.1) is 0 Å². The Morgan fingerprint density at radius 1 is 1.39 bits per heavy atom. The predicted molar refractivity (Wildman–Crippen MR) is 70.8 cm³/mol. The van der Waals surface area contributed by atoms with E-state index in [-0.39, 0.29) is 11.4 Å². The molecule has 0 aliphatic heterocycles. The largest absolute Gasteiger partial charge is 0.380 e. The molecule has 0 bridgehead atoms. The average Bonchev–Trinajstić information content (AvgIpc) is 2.35. The molecule has 0 heterocycles. The normalized spacial score (nSPS) is 11.7. The van der Waals surface area contributed by atoms with Crippen LogP contribution in [0.5, 0.6) is 0 Å². The summed E-state index contributed by atoms with van der Waals surface area (Å²) in [4.78, 5) is 0.241. The van der Waals surface area contributed by atoms with Gasteiger partial charge in [-0.25, -0.2) is 13.1 Å². The van der Waals surface area contributed by atoms with E-state index in [0.717, 1.165) is 11.1 Å². The summed E-state index contributed by atoms with van der Waals surface area (Å²) >= 11 is 0. The highest BCUT2D eigenvalue weighted by molar-refractivity contribution is 7.89. The Bertz CT molecular complexity index is 486. The van der Waals surface area contributed by atoms with Crippen molar-refractivity contribution in [2.45, 2.75) is 25.3 Å². The number of hydrogen-bond donors (Lipinski definition) is 2. The van der Waals surface area contributed by atoms with E-state index in [1.807, 2.05) is 13.8 Å². The fourth-order valence-corrected chi connectivity index (χ4v) is 2.57. The molecule has 1 aromatic carbocycles. The van der Waals surface area contributed by atoms with E-state index in [4.69, 9.17) is 10.5 Å². The van der Waals surface area contributed by atoms with E-state index in [0.29, 0.717) is 19.8 Å². The topological polar surface area (TPSA) is 81.4 Å². The van der Waals surface area contributed by atoms with Crippen molar-refractivity contribution in [2.24, 2.45) is 5.73 Å². The molecule has 3 N–H and O–H groups in total. The van der Waals surface area contributed by atoms with Crippen molar-refractivity contribution in [3.05, 3.63) is 29.3 Å². The molecule has 0 amide bonds. The molecule has 0 saturated carbocycles. The van der Waals surface area contributed by atoms with Gasteiger partial charge in [0.05, 0.1) is 11.5 Å². The van der Waals surface area contributed by atoms with E-state index in [2.05, 4.69) is 4.72 Å². The lowest BCUT2D eigenvalue weighted by Gasteiger charge is -2.09. The number of hydrogen-bond acceptors (Lipinski definition) is 4. The van der Waals surface area contributed by atoms with Gasteiger partial charge in [0.1, 0.15) is 0 Å². The Labute approximate surface area is 108 Å². The number of ether oxygens (including phenoxy) is 1. The zero-order valence-electron chi connectivity index (χ0n) is 10.8. The molecule has 0 spiro atoms. The number of nitrogens with two attached hydrogens (primary N) is 1. The lowest BCUT2D eigenvalue weighted by molar-refractivity contribution is 0.153. The SMILES string of the molecule is CCOCCNS(=O)(=O)c1ccc(C)c(CN)c1. The first-order chi connectivity index (χ1) is 8.51. The van der Waals surface area contributed by atoms with Crippen molar-refractivity contribution in [1.29, 1.82) is 0 Å². The van der Waals surface area contributed by atoms with Gasteiger partial charge in [0.25, 0.3) is 0 Å². The van der Waals surface area contributed by atoms with Crippen LogP contribution in [0.2, 0.25) is 0 Å². The first-order valence-electron chi connectivity index (χ1n) is 5.88. The van der Waals surface area contributed by atoms with Gasteiger partial charge in [0.15, 0.2) is 0 Å². The molecule has 0 saturated heterocycles. The van der Waals surface area contributed by atoms with Gasteiger partial charge in [0, 0.05) is 19.7 Å². The zero-order chi connectivity index (χ0) is 13.6. The smallest absolute Gasteiger partial charge is 0.240 e. The fraction of sp³-hybridized carbons (Fsp3) is 0.500. The monoisotopic (exact) mass is 272 g/mol. The van der Waals surface area contributed by atoms with Crippen LogP contribution < -0.4 is 10.5 Å². The van der Waals surface area contributed by atoms with Crippen LogP contribution in [0, 0.1) is 6.92 Å². The summed E-state index contributed by atoms with van der Waals surface area (Å²) in [6.07, 6.45) is 0. The van der Waals surface area contributed by atoms with Crippen LogP contribution in [0.15, 0.2) is 23.1 Å². The van der Waals surface area contributed by atoms with Crippen LogP contribution in [-0.4, -0.2) is 28.2 Å². The van der Waals surface area contributed by atoms with Crippen molar-refractivity contribution in [3.8, 4) is 0 Å². The Balaban J connectivity index is 2.78. The lowest BCUT2D eigenvalue weighted by Crippen LogP contribution is -2.27. The molecule has 0 unspecified atom stereocenters. The molecule has 0 fully saturated rings. The third kappa shape index (κ3) is 4.06. The molecule has 0 radical (unpaired) electrons. The van der Waals surface area contributed by atoms with Crippen LogP contribution in [-0.2, 0) is 21.3 Å². The summed E-state index contributed by atoms with van der Waals surface area (Å²) in [5.74, 6) is 0. The quantitative estimate of drug-likeness (QED) is 0.718. The second kappa shape index (κ2) is 6.84. The van der Waals surface area contributed by atoms with Gasteiger partial charge in [-0.05, 0) is 37.1 Å². The summed E-state index contributed by atoms with van der Waals surface area (Å²) in [7, 11) is -3.48. The van der Waals surface area contributed by atoms with Gasteiger partial charge in [-0.1, -0.05) is 6.07 Å². The second-order valence-corrected chi connectivity index (χ2v) is 5.65. The molecular formula is C12H20N2O3S. The van der Waals surface area contributed by atoms with Crippen LogP contribution in [0.3, 0.4) is 0 Å². The summed E-state index contributed by atoms with van der Waals surface area (Å²) in [5, 5.41) is 0. The molecule has 0 aliphatic rings. The van der Waals surface area contributed by atoms with E-state index in [9.17, 15) is 8.42 Å². The number of rotatable bonds is 7. The van der Waals surface area contributed by atoms with Gasteiger partial charge >= 0.3 is 0 Å². The number of benzene rings is 1. The standard InChI is InChI=1S/C12H20N2O3S/c1-3-17-7-6-14-18(15,16)12-5-4-10(2)11(8-12)9-13/h4-5,8,14H,3,6-7,9,13H2,1-2H3. The van der Waals surface area contributed by atoms with Crippen molar-refractivity contribution in [3.63, 3.8) is 0 Å². The Kier molecular flexibility index (Phi) is 5.74. The first-order valence-corrected chi connectivity index (χ1v) is 7.36. The minimum absolute atomic E-state index is 0.241. The Hall–Kier alpha value is -0.950. The second-order valence-electron chi connectivity index (χ2n) is 3.89. The lowest BCUT2D eigenvalue weighted by atomic mass is 10.1. The maximum absolute atomic E-state index is 12.0. The van der Waals surface area contributed by atoms with Crippen LogP contribution in [0.1, 0.15) is 18.1 Å². The molecule has 18 heavy (non-hydrogen) atoms. The molecular weight excluding hydrogens is 252 g/mol. The highest BCUT2D eigenvalue weighted by atomic mass is 32.2. The van der Waals surface area contributed by atoms with Gasteiger partial charge in [-0.2, -0.15) is 0 Å². The summed E-state index contributed by atoms with van der Waals surface area (Å²) < 4.78 is 31.5. The van der Waals surface area contributed by atoms with Crippen molar-refractivity contribution >= 4 is 10.0 Å². The van der Waals surface area contributed by atoms with Crippen LogP contribution >= 0.6 is 0 Å². The van der Waals surface area contributed by atoms with Crippen LogP contribution in [0.25, 0.3) is 0 Å². The number of sulfonamides is 1. The minimum Gasteiger partial charge on any atom is -0.380 e. The fourth-order valence-electron chi connectivity index (χ4n) is 1.51. The van der Waals surface area contributed by atoms with Crippen molar-refractivity contribution in [2.75, 3.05) is 19.8 Å². The summed E-state index contributed by atoms with van der Waals surface area (Å²) in [5.41, 5.74) is 7.39. The molecule has 0 aliphatic carbocycles. The highest BCUT2D eigenvalue weighted by Crippen LogP contribution is 2.14. The third-order valence-electron chi connectivity index (χ3n) is 2.59. The zero-order valence-corrected chi connectivity index (χ0v) is 11.6. The maximum atomic E-state index is 12.0. The Morgan fingerprint density at radius 3 is 2.72 bits per heavy atom. The third-order valence-corrected chi connectivity index (χ3v) is 4.05. The van der Waals surface area contributed by atoms with E-state index in [1.54, 1.807) is 18.2 Å². The highest BCUT2D eigenvalue weighted by Gasteiger charge is 2.14. The Morgan fingerprint density at radius 2 is 2.11 bits per heavy atom. The molecule has 1 rings (SSSR count). The molecule has 5 nitrogen and oxygen atoms in total. The molecule has 102 valence electrons. The van der Waals surface area contributed by atoms with E-state index < -0.39 is 10.0 Å². The van der Waals surface area contributed by atoms with E-state index in [1.165, 1.54) is 0 Å². The molecule has 0 atom stereocenters. The van der Waals surface area contributed by atoms with Gasteiger partial charge in [-0.3, -0.25) is 0 Å².